The van der Waals surface area contributed by atoms with Crippen molar-refractivity contribution in [3.05, 3.63) is 59.8 Å². The fourth-order valence-corrected chi connectivity index (χ4v) is 6.89. The van der Waals surface area contributed by atoms with E-state index >= 15 is 0 Å². The first kappa shape index (κ1) is 25.8. The van der Waals surface area contributed by atoms with Crippen LogP contribution in [0.2, 0.25) is 0 Å². The lowest BCUT2D eigenvalue weighted by molar-refractivity contribution is -0.00581. The second-order valence-corrected chi connectivity index (χ2v) is 11.1. The van der Waals surface area contributed by atoms with Gasteiger partial charge < -0.3 is 15.4 Å². The number of hydrogen-bond donors (Lipinski definition) is 2. The molecular weight excluding hydrogens is 638 g/mol. The largest absolute Gasteiger partial charge is 0.494 e. The van der Waals surface area contributed by atoms with Crippen molar-refractivity contribution in [3.8, 4) is 17.1 Å². The van der Waals surface area contributed by atoms with Gasteiger partial charge >= 0.3 is 0 Å². The van der Waals surface area contributed by atoms with Gasteiger partial charge in [0.25, 0.3) is 5.92 Å². The van der Waals surface area contributed by atoms with Crippen LogP contribution in [0.3, 0.4) is 0 Å². The molecule has 0 saturated carbocycles. The van der Waals surface area contributed by atoms with Crippen LogP contribution in [0.1, 0.15) is 23.5 Å². The molecule has 0 spiro atoms. The van der Waals surface area contributed by atoms with E-state index < -0.39 is 5.92 Å². The Morgan fingerprint density at radius 1 is 1.08 bits per heavy atom. The van der Waals surface area contributed by atoms with E-state index in [9.17, 15) is 8.78 Å². The molecule has 5 aromatic rings. The van der Waals surface area contributed by atoms with Gasteiger partial charge in [-0.15, -0.1) is 0 Å². The Balaban J connectivity index is 1.44. The van der Waals surface area contributed by atoms with Gasteiger partial charge in [-0.05, 0) is 59.1 Å². The number of halogens is 3. The number of hydrogen-bond acceptors (Lipinski definition) is 8. The number of para-hydroxylation sites is 1. The molecule has 2 N–H and O–H groups in total. The predicted molar refractivity (Wildman–Crippen MR) is 156 cm³/mol. The molecular formula is C25H23F2IN9OP. The Morgan fingerprint density at radius 3 is 2.67 bits per heavy atom. The molecule has 4 aromatic heterocycles. The number of fused-ring (bicyclic) bond motifs is 2. The highest BCUT2D eigenvalue weighted by molar-refractivity contribution is 14.2. The minimum Gasteiger partial charge on any atom is -0.494 e. The number of aromatic nitrogens is 7. The Hall–Kier alpha value is -3.45. The second kappa shape index (κ2) is 9.94. The molecule has 14 heteroatoms. The lowest BCUT2D eigenvalue weighted by atomic mass is 10.1. The lowest BCUT2D eigenvalue weighted by Gasteiger charge is -2.16. The summed E-state index contributed by atoms with van der Waals surface area (Å²) in [5.41, 5.74) is 3.85. The zero-order valence-electron chi connectivity index (χ0n) is 21.1. The van der Waals surface area contributed by atoms with Gasteiger partial charge in [-0.1, -0.05) is 12.1 Å². The summed E-state index contributed by atoms with van der Waals surface area (Å²) in [7, 11) is 3.41. The Labute approximate surface area is 236 Å². The number of alkyl halides is 2. The summed E-state index contributed by atoms with van der Waals surface area (Å²) in [5, 5.41) is 10.8. The van der Waals surface area contributed by atoms with Crippen molar-refractivity contribution in [3.63, 3.8) is 0 Å². The van der Waals surface area contributed by atoms with Crippen molar-refractivity contribution < 1.29 is 13.5 Å². The maximum absolute atomic E-state index is 14.4. The van der Waals surface area contributed by atoms with Gasteiger partial charge in [-0.25, -0.2) is 24.6 Å². The number of ether oxygens (including phenoxy) is 1. The summed E-state index contributed by atoms with van der Waals surface area (Å²) in [6.45, 7) is 1.92. The maximum atomic E-state index is 14.4. The van der Waals surface area contributed by atoms with Crippen LogP contribution < -0.4 is 15.4 Å². The standard InChI is InChI=1S/C25H23F2IN9OP/c1-13-31-20-17(32-16-6-4-5-15(21(16)38-3)23-29-12-30-36(23)2)11-19(35-24(20)37(13)39-28)33-18-8-7-14-9-10-25(26,27)22(14)34-18/h4-8,11-12,39H,9-10H2,1-3H3,(H2,32,33,34,35). The smallest absolute Gasteiger partial charge is 0.290 e. The predicted octanol–water partition coefficient (Wildman–Crippen LogP) is 6.26. The third-order valence-electron chi connectivity index (χ3n) is 6.60. The minimum absolute atomic E-state index is 0.174. The highest BCUT2D eigenvalue weighted by Gasteiger charge is 2.41. The fourth-order valence-electron chi connectivity index (χ4n) is 4.75. The van der Waals surface area contributed by atoms with Crippen molar-refractivity contribution >= 4 is 62.6 Å². The molecule has 6 rings (SSSR count). The van der Waals surface area contributed by atoms with E-state index in [0.717, 1.165) is 11.4 Å². The van der Waals surface area contributed by atoms with E-state index in [4.69, 9.17) is 14.7 Å². The molecule has 0 bridgehead atoms. The molecule has 39 heavy (non-hydrogen) atoms. The van der Waals surface area contributed by atoms with Gasteiger partial charge in [-0.3, -0.25) is 4.34 Å². The highest BCUT2D eigenvalue weighted by Crippen LogP contribution is 2.42. The Morgan fingerprint density at radius 2 is 1.92 bits per heavy atom. The lowest BCUT2D eigenvalue weighted by Crippen LogP contribution is -2.11. The molecule has 1 unspecified atom stereocenters. The number of imidazole rings is 1. The zero-order valence-corrected chi connectivity index (χ0v) is 24.3. The van der Waals surface area contributed by atoms with Crippen LogP contribution in [0.5, 0.6) is 5.75 Å². The fraction of sp³-hybridized carbons (Fsp3) is 0.240. The van der Waals surface area contributed by atoms with Crippen molar-refractivity contribution in [2.24, 2.45) is 7.05 Å². The monoisotopic (exact) mass is 661 g/mol. The van der Waals surface area contributed by atoms with Crippen LogP contribution in [0.4, 0.5) is 31.8 Å². The van der Waals surface area contributed by atoms with Crippen molar-refractivity contribution in [2.45, 2.75) is 25.7 Å². The topological polar surface area (TPSA) is 108 Å². The summed E-state index contributed by atoms with van der Waals surface area (Å²) >= 11 is 2.28. The molecule has 10 nitrogen and oxygen atoms in total. The number of aryl methyl sites for hydroxylation is 3. The second-order valence-electron chi connectivity index (χ2n) is 9.06. The summed E-state index contributed by atoms with van der Waals surface area (Å²) in [5.74, 6) is -0.140. The average molecular weight is 661 g/mol. The molecule has 0 amide bonds. The number of methoxy groups -OCH3 is 1. The van der Waals surface area contributed by atoms with Crippen LogP contribution in [-0.4, -0.2) is 41.2 Å². The normalized spacial score (nSPS) is 14.3. The van der Waals surface area contributed by atoms with Gasteiger partial charge in [0.15, 0.2) is 17.2 Å². The van der Waals surface area contributed by atoms with E-state index in [1.54, 1.807) is 30.0 Å². The van der Waals surface area contributed by atoms with Gasteiger partial charge in [0.1, 0.15) is 35.0 Å². The number of nitrogens with one attached hydrogen (secondary N) is 2. The van der Waals surface area contributed by atoms with Gasteiger partial charge in [-0.2, -0.15) is 13.9 Å². The Bertz CT molecular complexity index is 1720. The summed E-state index contributed by atoms with van der Waals surface area (Å²) < 4.78 is 38.2. The quantitative estimate of drug-likeness (QED) is 0.156. The summed E-state index contributed by atoms with van der Waals surface area (Å²) in [4.78, 5) is 18.1. The molecule has 1 aliphatic rings. The molecule has 4 heterocycles. The van der Waals surface area contributed by atoms with Crippen LogP contribution in [0.25, 0.3) is 22.6 Å². The molecule has 1 aromatic carbocycles. The van der Waals surface area contributed by atoms with E-state index in [0.29, 0.717) is 64.1 Å². The SMILES string of the molecule is COc1c(Nc2cc(Nc3ccc4c(n3)C(F)(F)CC4)nc3c2nc(C)n3PI)cccc1-c1ncnn1C. The van der Waals surface area contributed by atoms with Crippen LogP contribution in [0, 0.1) is 6.92 Å². The number of anilines is 4. The number of pyridine rings is 2. The highest BCUT2D eigenvalue weighted by atomic mass is 127. The molecule has 0 saturated heterocycles. The van der Waals surface area contributed by atoms with Crippen LogP contribution in [-0.2, 0) is 19.4 Å². The molecule has 0 radical (unpaired) electrons. The van der Waals surface area contributed by atoms with E-state index in [1.807, 2.05) is 36.5 Å². The number of nitrogens with zero attached hydrogens (tertiary/aromatic N) is 7. The number of benzene rings is 1. The van der Waals surface area contributed by atoms with Gasteiger partial charge in [0, 0.05) is 19.5 Å². The first-order valence-electron chi connectivity index (χ1n) is 12.0. The molecule has 1 atom stereocenters. The Kier molecular flexibility index (Phi) is 6.58. The molecule has 0 aliphatic heterocycles. The van der Waals surface area contributed by atoms with Crippen LogP contribution >= 0.6 is 28.4 Å². The van der Waals surface area contributed by atoms with Gasteiger partial charge in [0.05, 0.1) is 30.4 Å². The third-order valence-corrected chi connectivity index (χ3v) is 8.75. The number of rotatable bonds is 7. The summed E-state index contributed by atoms with van der Waals surface area (Å²) in [6.07, 6.45) is 1.95. The first-order valence-corrected chi connectivity index (χ1v) is 16.1. The van der Waals surface area contributed by atoms with E-state index in [2.05, 4.69) is 47.7 Å². The van der Waals surface area contributed by atoms with Crippen molar-refractivity contribution in [1.82, 2.24) is 34.1 Å². The van der Waals surface area contributed by atoms with Crippen molar-refractivity contribution in [2.75, 3.05) is 17.7 Å². The minimum atomic E-state index is -2.93. The van der Waals surface area contributed by atoms with Crippen molar-refractivity contribution in [1.29, 1.82) is 0 Å². The van der Waals surface area contributed by atoms with E-state index in [1.165, 1.54) is 6.33 Å². The maximum Gasteiger partial charge on any atom is 0.290 e. The summed E-state index contributed by atoms with van der Waals surface area (Å²) in [6, 6.07) is 10.9. The zero-order chi connectivity index (χ0) is 27.3. The average Bonchev–Trinajstić information content (AvgIpc) is 3.58. The first-order chi connectivity index (χ1) is 18.8. The molecule has 1 aliphatic carbocycles. The van der Waals surface area contributed by atoms with E-state index in [-0.39, 0.29) is 12.1 Å². The molecule has 0 fully saturated rings. The van der Waals surface area contributed by atoms with Gasteiger partial charge in [0.2, 0.25) is 0 Å². The van der Waals surface area contributed by atoms with Crippen LogP contribution in [0.15, 0.2) is 42.7 Å². The molecule has 200 valence electrons. The third kappa shape index (κ3) is 4.56.